The highest BCUT2D eigenvalue weighted by molar-refractivity contribution is 4.89. The summed E-state index contributed by atoms with van der Waals surface area (Å²) in [7, 11) is 0. The van der Waals surface area contributed by atoms with Crippen molar-refractivity contribution in [2.24, 2.45) is 17.8 Å². The van der Waals surface area contributed by atoms with Crippen molar-refractivity contribution in [2.45, 2.75) is 84.1 Å². The smallest absolute Gasteiger partial charge is 0.317 e. The van der Waals surface area contributed by atoms with Gasteiger partial charge < -0.3 is 4.74 Å². The Bertz CT molecular complexity index is 361. The number of halogens is 3. The molecule has 2 rings (SSSR count). The van der Waals surface area contributed by atoms with E-state index >= 15 is 0 Å². The van der Waals surface area contributed by atoms with Gasteiger partial charge >= 0.3 is 6.11 Å². The summed E-state index contributed by atoms with van der Waals surface area (Å²) in [5.74, 6) is -1.19. The van der Waals surface area contributed by atoms with Gasteiger partial charge in [-0.05, 0) is 50.9 Å². The number of nitriles is 1. The second kappa shape index (κ2) is 8.76. The summed E-state index contributed by atoms with van der Waals surface area (Å²) in [6, 6.07) is 2.16. The number of hydrogen-bond acceptors (Lipinski definition) is 2. The minimum Gasteiger partial charge on any atom is -0.317 e. The fourth-order valence-electron chi connectivity index (χ4n) is 3.31. The van der Waals surface area contributed by atoms with Gasteiger partial charge in [0, 0.05) is 5.92 Å². The van der Waals surface area contributed by atoms with Crippen molar-refractivity contribution >= 4 is 0 Å². The van der Waals surface area contributed by atoms with Gasteiger partial charge in [-0.25, -0.2) is 4.39 Å². The third-order valence-corrected chi connectivity index (χ3v) is 4.65. The molecule has 0 aliphatic heterocycles. The van der Waals surface area contributed by atoms with Gasteiger partial charge in [0.2, 0.25) is 0 Å². The molecule has 0 radical (unpaired) electrons. The molecule has 2 fully saturated rings. The predicted octanol–water partition coefficient (Wildman–Crippen LogP) is 5.48. The lowest BCUT2D eigenvalue weighted by Crippen LogP contribution is -2.43. The van der Waals surface area contributed by atoms with Crippen molar-refractivity contribution in [1.29, 1.82) is 5.26 Å². The van der Waals surface area contributed by atoms with Gasteiger partial charge in [0.1, 0.15) is 6.17 Å². The summed E-state index contributed by atoms with van der Waals surface area (Å²) in [6.07, 6.45) is -2.27. The van der Waals surface area contributed by atoms with Crippen LogP contribution in [0.1, 0.15) is 65.7 Å². The zero-order valence-electron chi connectivity index (χ0n) is 13.8. The maximum absolute atomic E-state index is 14.1. The largest absolute Gasteiger partial charge is 0.361 e. The van der Waals surface area contributed by atoms with Crippen LogP contribution >= 0.6 is 0 Å². The van der Waals surface area contributed by atoms with Gasteiger partial charge in [0.15, 0.2) is 0 Å². The van der Waals surface area contributed by atoms with E-state index in [4.69, 9.17) is 10.00 Å². The number of nitrogens with zero attached hydrogens (tertiary/aromatic N) is 1. The Balaban J connectivity index is 0.00000116. The third-order valence-electron chi connectivity index (χ3n) is 4.65. The SMILES string of the molecule is CC.CC1CCC(C(F)(F)OC2CCC(C#N)CC2)C(F)C1. The first-order valence-electron chi connectivity index (χ1n) is 8.51. The Kier molecular flexibility index (Phi) is 7.68. The maximum Gasteiger partial charge on any atom is 0.361 e. The second-order valence-corrected chi connectivity index (χ2v) is 6.32. The standard InChI is InChI=1S/C15H22F3NO.C2H6/c1-10-2-7-13(14(16)8-10)15(17,18)20-12-5-3-11(9-19)4-6-12;1-2/h10-14H,2-8H2,1H3;1-2H3. The van der Waals surface area contributed by atoms with Gasteiger partial charge in [-0.1, -0.05) is 20.8 Å². The Hall–Kier alpha value is -0.760. The molecule has 2 saturated carbocycles. The topological polar surface area (TPSA) is 33.0 Å². The Labute approximate surface area is 132 Å². The van der Waals surface area contributed by atoms with Crippen molar-refractivity contribution in [3.63, 3.8) is 0 Å². The van der Waals surface area contributed by atoms with Gasteiger partial charge in [-0.3, -0.25) is 0 Å². The highest BCUT2D eigenvalue weighted by Gasteiger charge is 2.49. The lowest BCUT2D eigenvalue weighted by atomic mass is 9.80. The molecule has 2 nitrogen and oxygen atoms in total. The fraction of sp³-hybridized carbons (Fsp3) is 0.941. The monoisotopic (exact) mass is 319 g/mol. The molecule has 0 aromatic heterocycles. The van der Waals surface area contributed by atoms with E-state index < -0.39 is 24.3 Å². The van der Waals surface area contributed by atoms with E-state index in [2.05, 4.69) is 6.07 Å². The Morgan fingerprint density at radius 1 is 1.05 bits per heavy atom. The second-order valence-electron chi connectivity index (χ2n) is 6.32. The molecule has 5 heteroatoms. The van der Waals surface area contributed by atoms with Crippen molar-refractivity contribution in [3.8, 4) is 6.07 Å². The van der Waals surface area contributed by atoms with Crippen molar-refractivity contribution < 1.29 is 17.9 Å². The van der Waals surface area contributed by atoms with E-state index in [1.807, 2.05) is 20.8 Å². The fourth-order valence-corrected chi connectivity index (χ4v) is 3.31. The molecular weight excluding hydrogens is 291 g/mol. The number of rotatable bonds is 3. The van der Waals surface area contributed by atoms with Gasteiger partial charge in [-0.2, -0.15) is 14.0 Å². The summed E-state index contributed by atoms with van der Waals surface area (Å²) in [6.45, 7) is 5.89. The van der Waals surface area contributed by atoms with Gasteiger partial charge in [0.25, 0.3) is 0 Å². The number of alkyl halides is 3. The summed E-state index contributed by atoms with van der Waals surface area (Å²) in [5, 5.41) is 8.78. The molecule has 0 bridgehead atoms. The van der Waals surface area contributed by atoms with Crippen LogP contribution in [0.15, 0.2) is 0 Å². The molecule has 0 aromatic carbocycles. The first kappa shape index (κ1) is 19.3. The van der Waals surface area contributed by atoms with E-state index in [1.54, 1.807) is 0 Å². The summed E-state index contributed by atoms with van der Waals surface area (Å²) < 4.78 is 47.0. The zero-order valence-corrected chi connectivity index (χ0v) is 13.8. The van der Waals surface area contributed by atoms with Crippen molar-refractivity contribution in [1.82, 2.24) is 0 Å². The van der Waals surface area contributed by atoms with Crippen LogP contribution in [0, 0.1) is 29.1 Å². The van der Waals surface area contributed by atoms with Crippen LogP contribution in [0.4, 0.5) is 13.2 Å². The number of ether oxygens (including phenoxy) is 1. The highest BCUT2D eigenvalue weighted by Crippen LogP contribution is 2.43. The molecule has 0 saturated heterocycles. The molecule has 3 unspecified atom stereocenters. The van der Waals surface area contributed by atoms with Crippen LogP contribution in [0.5, 0.6) is 0 Å². The molecule has 128 valence electrons. The lowest BCUT2D eigenvalue weighted by molar-refractivity contribution is -0.309. The minimum atomic E-state index is -3.39. The van der Waals surface area contributed by atoms with Crippen LogP contribution < -0.4 is 0 Å². The summed E-state index contributed by atoms with van der Waals surface area (Å²) in [4.78, 5) is 0. The van der Waals surface area contributed by atoms with Crippen LogP contribution in [-0.4, -0.2) is 18.4 Å². The molecule has 0 spiro atoms. The molecule has 22 heavy (non-hydrogen) atoms. The van der Waals surface area contributed by atoms with E-state index in [0.29, 0.717) is 32.1 Å². The first-order valence-corrected chi connectivity index (χ1v) is 8.51. The van der Waals surface area contributed by atoms with E-state index in [0.717, 1.165) is 0 Å². The molecule has 0 aromatic rings. The Morgan fingerprint density at radius 3 is 2.14 bits per heavy atom. The van der Waals surface area contributed by atoms with Crippen molar-refractivity contribution in [2.75, 3.05) is 0 Å². The third kappa shape index (κ3) is 5.15. The molecule has 3 atom stereocenters. The maximum atomic E-state index is 14.1. The summed E-state index contributed by atoms with van der Waals surface area (Å²) in [5.41, 5.74) is 0. The van der Waals surface area contributed by atoms with E-state index in [-0.39, 0.29) is 24.7 Å². The normalized spacial score (nSPS) is 36.0. The average molecular weight is 319 g/mol. The van der Waals surface area contributed by atoms with E-state index in [9.17, 15) is 13.2 Å². The van der Waals surface area contributed by atoms with E-state index in [1.165, 1.54) is 0 Å². The molecular formula is C17H28F3NO. The average Bonchev–Trinajstić information content (AvgIpc) is 2.49. The van der Waals surface area contributed by atoms with Crippen molar-refractivity contribution in [3.05, 3.63) is 0 Å². The van der Waals surface area contributed by atoms with Gasteiger partial charge in [-0.15, -0.1) is 0 Å². The molecule has 2 aliphatic rings. The summed E-state index contributed by atoms with van der Waals surface area (Å²) >= 11 is 0. The highest BCUT2D eigenvalue weighted by atomic mass is 19.3. The van der Waals surface area contributed by atoms with Crippen LogP contribution in [-0.2, 0) is 4.74 Å². The quantitative estimate of drug-likeness (QED) is 0.690. The molecule has 0 amide bonds. The molecule has 2 aliphatic carbocycles. The lowest BCUT2D eigenvalue weighted by Gasteiger charge is -2.37. The van der Waals surface area contributed by atoms with Crippen LogP contribution in [0.2, 0.25) is 0 Å². The van der Waals surface area contributed by atoms with Crippen LogP contribution in [0.25, 0.3) is 0 Å². The first-order chi connectivity index (χ1) is 10.4. The minimum absolute atomic E-state index is 0.0482. The van der Waals surface area contributed by atoms with Crippen LogP contribution in [0.3, 0.4) is 0 Å². The Morgan fingerprint density at radius 2 is 1.64 bits per heavy atom. The predicted molar refractivity (Wildman–Crippen MR) is 80.1 cm³/mol. The van der Waals surface area contributed by atoms with Gasteiger partial charge in [0.05, 0.1) is 18.1 Å². The molecule has 0 heterocycles. The zero-order chi connectivity index (χ0) is 16.8. The molecule has 0 N–H and O–H groups in total. The number of hydrogen-bond donors (Lipinski definition) is 0.